The molecule has 0 radical (unpaired) electrons. The molecule has 0 bridgehead atoms. The van der Waals surface area contributed by atoms with Gasteiger partial charge in [0.25, 0.3) is 0 Å². The molecule has 0 aromatic heterocycles. The SMILES string of the molecule is O=C1OC(=O)C23CCCCCCCCCC12CC3. The number of esters is 2. The van der Waals surface area contributed by atoms with Crippen molar-refractivity contribution in [3.8, 4) is 0 Å². The van der Waals surface area contributed by atoms with Crippen molar-refractivity contribution in [2.24, 2.45) is 10.8 Å². The van der Waals surface area contributed by atoms with Crippen LogP contribution in [0.4, 0.5) is 0 Å². The first-order valence-electron chi connectivity index (χ1n) is 7.48. The second-order valence-corrected chi connectivity index (χ2v) is 6.32. The maximum Gasteiger partial charge on any atom is 0.320 e. The van der Waals surface area contributed by atoms with Crippen LogP contribution in [0.15, 0.2) is 0 Å². The zero-order valence-corrected chi connectivity index (χ0v) is 11.0. The van der Waals surface area contributed by atoms with E-state index in [1.165, 1.54) is 32.1 Å². The van der Waals surface area contributed by atoms with Gasteiger partial charge in [-0.05, 0) is 25.7 Å². The van der Waals surface area contributed by atoms with E-state index in [-0.39, 0.29) is 11.9 Å². The maximum atomic E-state index is 12.1. The lowest BCUT2D eigenvalue weighted by Gasteiger charge is -2.50. The van der Waals surface area contributed by atoms with Crippen LogP contribution in [-0.2, 0) is 14.3 Å². The van der Waals surface area contributed by atoms with Gasteiger partial charge in [0.1, 0.15) is 0 Å². The van der Waals surface area contributed by atoms with E-state index in [1.807, 2.05) is 0 Å². The third-order valence-corrected chi connectivity index (χ3v) is 5.57. The summed E-state index contributed by atoms with van der Waals surface area (Å²) in [7, 11) is 0. The van der Waals surface area contributed by atoms with Crippen LogP contribution >= 0.6 is 0 Å². The topological polar surface area (TPSA) is 43.4 Å². The van der Waals surface area contributed by atoms with E-state index in [2.05, 4.69) is 0 Å². The van der Waals surface area contributed by atoms with E-state index in [0.29, 0.717) is 0 Å². The molecule has 2 atom stereocenters. The highest BCUT2D eigenvalue weighted by Gasteiger charge is 2.72. The average Bonchev–Trinajstić information content (AvgIpc) is 2.45. The monoisotopic (exact) mass is 250 g/mol. The summed E-state index contributed by atoms with van der Waals surface area (Å²) in [5.41, 5.74) is -0.844. The first-order valence-corrected chi connectivity index (χ1v) is 7.48. The van der Waals surface area contributed by atoms with Crippen LogP contribution in [0.3, 0.4) is 0 Å². The van der Waals surface area contributed by atoms with Gasteiger partial charge in [0, 0.05) is 0 Å². The predicted octanol–water partition coefficient (Wildman–Crippen LogP) is 3.36. The summed E-state index contributed by atoms with van der Waals surface area (Å²) < 4.78 is 5.02. The molecule has 0 spiro atoms. The van der Waals surface area contributed by atoms with Crippen molar-refractivity contribution in [3.63, 3.8) is 0 Å². The minimum Gasteiger partial charge on any atom is -0.392 e. The quantitative estimate of drug-likeness (QED) is 0.489. The first kappa shape index (κ1) is 12.2. The van der Waals surface area contributed by atoms with Crippen LogP contribution in [0.1, 0.15) is 70.6 Å². The molecule has 1 heterocycles. The molecule has 1 saturated heterocycles. The molecular formula is C15H22O3. The van der Waals surface area contributed by atoms with E-state index < -0.39 is 10.8 Å². The molecule has 0 aromatic carbocycles. The molecule has 0 amide bonds. The molecule has 3 rings (SSSR count). The Hall–Kier alpha value is -0.860. The van der Waals surface area contributed by atoms with E-state index in [0.717, 1.165) is 38.5 Å². The molecule has 3 aliphatic rings. The normalized spacial score (nSPS) is 41.1. The Morgan fingerprint density at radius 3 is 1.39 bits per heavy atom. The Morgan fingerprint density at radius 2 is 1.00 bits per heavy atom. The Morgan fingerprint density at radius 1 is 0.611 bits per heavy atom. The fourth-order valence-corrected chi connectivity index (χ4v) is 4.27. The Balaban J connectivity index is 1.86. The van der Waals surface area contributed by atoms with Gasteiger partial charge in [-0.2, -0.15) is 0 Å². The molecule has 0 N–H and O–H groups in total. The van der Waals surface area contributed by atoms with Crippen LogP contribution < -0.4 is 0 Å². The third kappa shape index (κ3) is 1.49. The summed E-state index contributed by atoms with van der Waals surface area (Å²) in [6.45, 7) is 0. The summed E-state index contributed by atoms with van der Waals surface area (Å²) >= 11 is 0. The summed E-state index contributed by atoms with van der Waals surface area (Å²) in [5.74, 6) is -0.420. The Bertz CT molecular complexity index is 342. The summed E-state index contributed by atoms with van der Waals surface area (Å²) in [6, 6.07) is 0. The van der Waals surface area contributed by atoms with Crippen LogP contribution in [0.25, 0.3) is 0 Å². The third-order valence-electron chi connectivity index (χ3n) is 5.57. The minimum atomic E-state index is -0.422. The van der Waals surface area contributed by atoms with Crippen molar-refractivity contribution in [1.29, 1.82) is 0 Å². The van der Waals surface area contributed by atoms with Gasteiger partial charge < -0.3 is 4.74 Å². The summed E-state index contributed by atoms with van der Waals surface area (Å²) in [6.07, 6.45) is 11.9. The molecular weight excluding hydrogens is 228 g/mol. The van der Waals surface area contributed by atoms with Crippen LogP contribution in [0.5, 0.6) is 0 Å². The first-order chi connectivity index (χ1) is 8.71. The largest absolute Gasteiger partial charge is 0.392 e. The summed E-state index contributed by atoms with van der Waals surface area (Å²) in [4.78, 5) is 24.2. The number of rotatable bonds is 0. The molecule has 18 heavy (non-hydrogen) atoms. The van der Waals surface area contributed by atoms with Crippen LogP contribution in [0, 0.1) is 10.8 Å². The zero-order chi connectivity index (χ0) is 12.6. The highest BCUT2D eigenvalue weighted by atomic mass is 16.6. The fraction of sp³-hybridized carbons (Fsp3) is 0.867. The molecule has 3 heteroatoms. The maximum absolute atomic E-state index is 12.1. The van der Waals surface area contributed by atoms with Gasteiger partial charge in [0.2, 0.25) is 0 Å². The number of hydrogen-bond donors (Lipinski definition) is 0. The molecule has 2 unspecified atom stereocenters. The molecule has 0 aromatic rings. The van der Waals surface area contributed by atoms with Crippen molar-refractivity contribution < 1.29 is 14.3 Å². The summed E-state index contributed by atoms with van der Waals surface area (Å²) in [5, 5.41) is 0. The fourth-order valence-electron chi connectivity index (χ4n) is 4.27. The number of cyclic esters (lactones) is 2. The second-order valence-electron chi connectivity index (χ2n) is 6.32. The number of ether oxygens (including phenoxy) is 1. The molecule has 100 valence electrons. The van der Waals surface area contributed by atoms with Crippen molar-refractivity contribution in [2.45, 2.75) is 70.6 Å². The Labute approximate surface area is 108 Å². The van der Waals surface area contributed by atoms with Crippen molar-refractivity contribution in [1.82, 2.24) is 0 Å². The van der Waals surface area contributed by atoms with Crippen molar-refractivity contribution in [3.05, 3.63) is 0 Å². The lowest BCUT2D eigenvalue weighted by atomic mass is 9.47. The number of carbonyl (C=O) groups excluding carboxylic acids is 2. The highest BCUT2D eigenvalue weighted by Crippen LogP contribution is 2.66. The van der Waals surface area contributed by atoms with Gasteiger partial charge in [0.05, 0.1) is 10.8 Å². The number of carbonyl (C=O) groups is 2. The van der Waals surface area contributed by atoms with Gasteiger partial charge in [0.15, 0.2) is 0 Å². The van der Waals surface area contributed by atoms with Crippen LogP contribution in [-0.4, -0.2) is 11.9 Å². The lowest BCUT2D eigenvalue weighted by molar-refractivity contribution is -0.155. The van der Waals surface area contributed by atoms with Gasteiger partial charge in [-0.3, -0.25) is 9.59 Å². The Kier molecular flexibility index (Phi) is 2.95. The van der Waals surface area contributed by atoms with Crippen molar-refractivity contribution in [2.75, 3.05) is 0 Å². The smallest absolute Gasteiger partial charge is 0.320 e. The molecule has 3 nitrogen and oxygen atoms in total. The van der Waals surface area contributed by atoms with Gasteiger partial charge in [-0.25, -0.2) is 0 Å². The molecule has 2 saturated carbocycles. The standard InChI is InChI=1S/C15H22O3/c16-12-14-8-6-4-2-1-3-5-7-9-15(14,11-10-14)13(17)18-12/h1-11H2. The van der Waals surface area contributed by atoms with Gasteiger partial charge in [-0.1, -0.05) is 44.9 Å². The number of hydrogen-bond acceptors (Lipinski definition) is 3. The minimum absolute atomic E-state index is 0.210. The predicted molar refractivity (Wildman–Crippen MR) is 66.8 cm³/mol. The van der Waals surface area contributed by atoms with E-state index in [1.54, 1.807) is 0 Å². The van der Waals surface area contributed by atoms with Crippen LogP contribution in [0.2, 0.25) is 0 Å². The highest BCUT2D eigenvalue weighted by molar-refractivity contribution is 6.03. The molecule has 3 fully saturated rings. The average molecular weight is 250 g/mol. The lowest BCUT2D eigenvalue weighted by Crippen LogP contribution is -2.53. The van der Waals surface area contributed by atoms with Gasteiger partial charge in [-0.15, -0.1) is 0 Å². The van der Waals surface area contributed by atoms with Crippen molar-refractivity contribution >= 4 is 11.9 Å². The second kappa shape index (κ2) is 4.36. The van der Waals surface area contributed by atoms with E-state index in [4.69, 9.17) is 4.74 Å². The molecule has 2 aliphatic carbocycles. The van der Waals surface area contributed by atoms with Gasteiger partial charge >= 0.3 is 11.9 Å². The molecule has 1 aliphatic heterocycles. The van der Waals surface area contributed by atoms with E-state index in [9.17, 15) is 9.59 Å². The zero-order valence-electron chi connectivity index (χ0n) is 11.0. The van der Waals surface area contributed by atoms with E-state index >= 15 is 0 Å².